The molecule has 0 radical (unpaired) electrons. The average molecular weight is 256 g/mol. The maximum atomic E-state index is 5.97. The number of rotatable bonds is 1. The van der Waals surface area contributed by atoms with Crippen LogP contribution in [0.25, 0.3) is 22.2 Å². The maximum Gasteiger partial charge on any atom is 0.0954 e. The van der Waals surface area contributed by atoms with Crippen LogP contribution in [0.5, 0.6) is 0 Å². The van der Waals surface area contributed by atoms with E-state index in [1.54, 1.807) is 18.5 Å². The van der Waals surface area contributed by atoms with Crippen LogP contribution in [-0.2, 0) is 0 Å². The van der Waals surface area contributed by atoms with Gasteiger partial charge in [-0.25, -0.2) is 0 Å². The summed E-state index contributed by atoms with van der Waals surface area (Å²) in [6.07, 6.45) is 3.35. The summed E-state index contributed by atoms with van der Waals surface area (Å²) in [6, 6.07) is 11.6. The second-order valence-corrected chi connectivity index (χ2v) is 4.41. The third kappa shape index (κ3) is 1.79. The van der Waals surface area contributed by atoms with Gasteiger partial charge in [-0.15, -0.1) is 0 Å². The average Bonchev–Trinajstić information content (AvgIpc) is 2.38. The Morgan fingerprint density at radius 1 is 1.06 bits per heavy atom. The first kappa shape index (κ1) is 11.0. The lowest BCUT2D eigenvalue weighted by Gasteiger charge is -2.07. The van der Waals surface area contributed by atoms with Gasteiger partial charge in [0.2, 0.25) is 0 Å². The Morgan fingerprint density at radius 2 is 1.89 bits per heavy atom. The topological polar surface area (TPSA) is 51.8 Å². The van der Waals surface area contributed by atoms with Gasteiger partial charge in [-0.05, 0) is 12.1 Å². The van der Waals surface area contributed by atoms with Gasteiger partial charge in [0.1, 0.15) is 0 Å². The molecule has 4 heteroatoms. The first-order valence-corrected chi connectivity index (χ1v) is 5.88. The van der Waals surface area contributed by atoms with E-state index in [1.165, 1.54) is 0 Å². The third-order valence-electron chi connectivity index (χ3n) is 2.77. The van der Waals surface area contributed by atoms with Gasteiger partial charge in [-0.1, -0.05) is 35.9 Å². The summed E-state index contributed by atoms with van der Waals surface area (Å²) in [4.78, 5) is 8.69. The summed E-state index contributed by atoms with van der Waals surface area (Å²) >= 11 is 5.86. The Bertz CT molecular complexity index is 720. The van der Waals surface area contributed by atoms with Crippen molar-refractivity contribution in [2.24, 2.45) is 0 Å². The summed E-state index contributed by atoms with van der Waals surface area (Å²) in [5.74, 6) is 0. The van der Waals surface area contributed by atoms with E-state index in [0.29, 0.717) is 16.4 Å². The second-order valence-electron chi connectivity index (χ2n) is 3.97. The van der Waals surface area contributed by atoms with Crippen LogP contribution < -0.4 is 5.73 Å². The zero-order valence-corrected chi connectivity index (χ0v) is 10.2. The molecule has 0 bridgehead atoms. The number of aromatic nitrogens is 2. The number of hydrogen-bond acceptors (Lipinski definition) is 3. The minimum absolute atomic E-state index is 0.532. The highest BCUT2D eigenvalue weighted by Gasteiger charge is 2.09. The summed E-state index contributed by atoms with van der Waals surface area (Å²) in [7, 11) is 0. The van der Waals surface area contributed by atoms with Gasteiger partial charge < -0.3 is 5.73 Å². The highest BCUT2D eigenvalue weighted by Crippen LogP contribution is 2.30. The molecule has 2 aromatic heterocycles. The van der Waals surface area contributed by atoms with E-state index < -0.39 is 0 Å². The summed E-state index contributed by atoms with van der Waals surface area (Å²) in [6.45, 7) is 0. The molecule has 3 rings (SSSR count). The lowest BCUT2D eigenvalue weighted by atomic mass is 10.1. The van der Waals surface area contributed by atoms with Crippen molar-refractivity contribution in [3.63, 3.8) is 0 Å². The Labute approximate surface area is 109 Å². The Morgan fingerprint density at radius 3 is 2.72 bits per heavy atom. The molecule has 3 aromatic rings. The maximum absolute atomic E-state index is 5.97. The fraction of sp³-hybridized carbons (Fsp3) is 0. The number of hydrogen-bond donors (Lipinski definition) is 1. The molecule has 1 aromatic carbocycles. The highest BCUT2D eigenvalue weighted by atomic mass is 35.5. The minimum atomic E-state index is 0.532. The van der Waals surface area contributed by atoms with Crippen LogP contribution in [0, 0.1) is 0 Å². The highest BCUT2D eigenvalue weighted by molar-refractivity contribution is 6.30. The minimum Gasteiger partial charge on any atom is -0.397 e. The van der Waals surface area contributed by atoms with E-state index in [2.05, 4.69) is 9.97 Å². The van der Waals surface area contributed by atoms with E-state index in [0.717, 1.165) is 16.5 Å². The van der Waals surface area contributed by atoms with Gasteiger partial charge in [0.15, 0.2) is 0 Å². The molecule has 0 unspecified atom stereocenters. The quantitative estimate of drug-likeness (QED) is 0.724. The van der Waals surface area contributed by atoms with Crippen molar-refractivity contribution in [2.45, 2.75) is 0 Å². The predicted octanol–water partition coefficient (Wildman–Crippen LogP) is 3.53. The Kier molecular flexibility index (Phi) is 2.61. The number of halogens is 1. The lowest BCUT2D eigenvalue weighted by Crippen LogP contribution is -1.94. The third-order valence-corrected chi connectivity index (χ3v) is 2.98. The molecule has 0 fully saturated rings. The molecule has 0 amide bonds. The molecule has 0 spiro atoms. The predicted molar refractivity (Wildman–Crippen MR) is 74.4 cm³/mol. The van der Waals surface area contributed by atoms with Crippen molar-refractivity contribution in [1.82, 2.24) is 9.97 Å². The van der Waals surface area contributed by atoms with Crippen molar-refractivity contribution in [1.29, 1.82) is 0 Å². The Balaban J connectivity index is 2.31. The smallest absolute Gasteiger partial charge is 0.0954 e. The van der Waals surface area contributed by atoms with Crippen molar-refractivity contribution in [3.8, 4) is 11.3 Å². The van der Waals surface area contributed by atoms with E-state index in [-0.39, 0.29) is 0 Å². The van der Waals surface area contributed by atoms with Crippen LogP contribution in [-0.4, -0.2) is 9.97 Å². The molecule has 18 heavy (non-hydrogen) atoms. The summed E-state index contributed by atoms with van der Waals surface area (Å²) in [5, 5.41) is 1.59. The molecule has 0 atom stereocenters. The van der Waals surface area contributed by atoms with Gasteiger partial charge in [0.05, 0.1) is 21.9 Å². The van der Waals surface area contributed by atoms with Crippen molar-refractivity contribution in [2.75, 3.05) is 5.73 Å². The van der Waals surface area contributed by atoms with Gasteiger partial charge in [0, 0.05) is 23.3 Å². The molecule has 0 aliphatic carbocycles. The van der Waals surface area contributed by atoms with Crippen LogP contribution >= 0.6 is 11.6 Å². The largest absolute Gasteiger partial charge is 0.397 e. The number of benzene rings is 1. The number of fused-ring (bicyclic) bond motifs is 1. The standard InChI is InChI=1S/C14H10ClN3/c15-10-7-12(16)14(18-8-10)11-5-1-3-9-4-2-6-17-13(9)11/h1-8H,16H2. The van der Waals surface area contributed by atoms with Crippen LogP contribution in [0.15, 0.2) is 48.8 Å². The first-order chi connectivity index (χ1) is 8.75. The number of nitrogen functional groups attached to an aromatic ring is 1. The number of anilines is 1. The number of nitrogens with zero attached hydrogens (tertiary/aromatic N) is 2. The normalized spacial score (nSPS) is 10.7. The number of nitrogens with two attached hydrogens (primary N) is 1. The fourth-order valence-electron chi connectivity index (χ4n) is 1.98. The lowest BCUT2D eigenvalue weighted by molar-refractivity contribution is 1.32. The second kappa shape index (κ2) is 4.27. The fourth-order valence-corrected chi connectivity index (χ4v) is 2.14. The van der Waals surface area contributed by atoms with Crippen LogP contribution in [0.1, 0.15) is 0 Å². The molecule has 3 nitrogen and oxygen atoms in total. The Hall–Kier alpha value is -2.13. The molecule has 88 valence electrons. The van der Waals surface area contributed by atoms with Gasteiger partial charge >= 0.3 is 0 Å². The summed E-state index contributed by atoms with van der Waals surface area (Å²) in [5.41, 5.74) is 9.05. The van der Waals surface area contributed by atoms with Crippen LogP contribution in [0.2, 0.25) is 5.02 Å². The number of pyridine rings is 2. The molecule has 0 saturated carbocycles. The summed E-state index contributed by atoms with van der Waals surface area (Å²) < 4.78 is 0. The molecule has 2 N–H and O–H groups in total. The van der Waals surface area contributed by atoms with Crippen molar-refractivity contribution < 1.29 is 0 Å². The molecule has 0 saturated heterocycles. The van der Waals surface area contributed by atoms with Crippen molar-refractivity contribution >= 4 is 28.2 Å². The number of para-hydroxylation sites is 1. The SMILES string of the molecule is Nc1cc(Cl)cnc1-c1cccc2cccnc12. The van der Waals surface area contributed by atoms with Gasteiger partial charge in [-0.2, -0.15) is 0 Å². The van der Waals surface area contributed by atoms with Crippen LogP contribution in [0.4, 0.5) is 5.69 Å². The van der Waals surface area contributed by atoms with Crippen LogP contribution in [0.3, 0.4) is 0 Å². The zero-order chi connectivity index (χ0) is 12.5. The van der Waals surface area contributed by atoms with E-state index in [4.69, 9.17) is 17.3 Å². The molecule has 0 aliphatic rings. The van der Waals surface area contributed by atoms with Gasteiger partial charge in [0.25, 0.3) is 0 Å². The first-order valence-electron chi connectivity index (χ1n) is 5.51. The van der Waals surface area contributed by atoms with E-state index >= 15 is 0 Å². The monoisotopic (exact) mass is 255 g/mol. The van der Waals surface area contributed by atoms with Gasteiger partial charge in [-0.3, -0.25) is 9.97 Å². The molecule has 0 aliphatic heterocycles. The molecular weight excluding hydrogens is 246 g/mol. The van der Waals surface area contributed by atoms with E-state index in [9.17, 15) is 0 Å². The van der Waals surface area contributed by atoms with E-state index in [1.807, 2.05) is 30.3 Å². The molecule has 2 heterocycles. The zero-order valence-electron chi connectivity index (χ0n) is 9.47. The molecular formula is C14H10ClN3. The van der Waals surface area contributed by atoms with Crippen molar-refractivity contribution in [3.05, 3.63) is 53.8 Å².